The molecule has 0 aromatic carbocycles. The molecule has 3 aliphatic heterocycles. The van der Waals surface area contributed by atoms with Gasteiger partial charge >= 0.3 is 5.97 Å². The van der Waals surface area contributed by atoms with E-state index in [0.717, 1.165) is 11.3 Å². The summed E-state index contributed by atoms with van der Waals surface area (Å²) < 4.78 is 45.7. The highest BCUT2D eigenvalue weighted by Crippen LogP contribution is 2.40. The van der Waals surface area contributed by atoms with Crippen molar-refractivity contribution in [2.24, 2.45) is 17.8 Å². The summed E-state index contributed by atoms with van der Waals surface area (Å²) in [6.07, 6.45) is -2.90. The molecule has 19 atom stereocenters. The number of rotatable bonds is 14. The minimum absolute atomic E-state index is 0.104. The molecular weight excluding hydrogens is 881 g/mol. The van der Waals surface area contributed by atoms with Gasteiger partial charge in [-0.1, -0.05) is 26.0 Å². The molecule has 0 spiro atoms. The number of aliphatic hydroxyl groups is 5. The number of carbonyl (C=O) groups excluding carboxylic acids is 1. The summed E-state index contributed by atoms with van der Waals surface area (Å²) in [6, 6.07) is 2.88. The number of nitrogens with zero attached hydrogens (tertiary/aromatic N) is 6. The lowest BCUT2D eigenvalue weighted by molar-refractivity contribution is -0.318. The van der Waals surface area contributed by atoms with Gasteiger partial charge in [-0.05, 0) is 105 Å². The van der Waals surface area contributed by atoms with Gasteiger partial charge in [0.25, 0.3) is 0 Å². The van der Waals surface area contributed by atoms with Crippen LogP contribution in [0.5, 0.6) is 0 Å². The number of aliphatic hydroxyl groups excluding tert-OH is 3. The van der Waals surface area contributed by atoms with E-state index in [2.05, 4.69) is 20.2 Å². The van der Waals surface area contributed by atoms with Crippen molar-refractivity contribution < 1.29 is 63.5 Å². The third-order valence-electron chi connectivity index (χ3n) is 15.1. The Hall–Kier alpha value is -2.76. The van der Waals surface area contributed by atoms with Crippen molar-refractivity contribution in [3.63, 3.8) is 0 Å². The van der Waals surface area contributed by atoms with Crippen LogP contribution in [0.3, 0.4) is 0 Å². The van der Waals surface area contributed by atoms with Crippen LogP contribution in [0.1, 0.15) is 112 Å². The van der Waals surface area contributed by atoms with Crippen LogP contribution >= 0.6 is 0 Å². The lowest BCUT2D eigenvalue weighted by Crippen LogP contribution is -2.61. The van der Waals surface area contributed by atoms with Crippen LogP contribution in [0.15, 0.2) is 30.7 Å². The average molecular weight is 965 g/mol. The summed E-state index contributed by atoms with van der Waals surface area (Å²) in [5.41, 5.74) is -2.71. The fraction of sp³-hybridized carbons (Fsp3) is 0.837. The predicted octanol–water partition coefficient (Wildman–Crippen LogP) is 2.89. The Labute approximate surface area is 403 Å². The zero-order valence-electron chi connectivity index (χ0n) is 43.0. The van der Waals surface area contributed by atoms with Crippen molar-refractivity contribution in [1.29, 1.82) is 0 Å². The Morgan fingerprint density at radius 3 is 2.28 bits per heavy atom. The van der Waals surface area contributed by atoms with Crippen LogP contribution < -0.4 is 0 Å². The molecule has 0 amide bonds. The van der Waals surface area contributed by atoms with Crippen LogP contribution in [0.4, 0.5) is 0 Å². The molecule has 0 aliphatic carbocycles. The number of hydrogen-bond acceptors (Lipinski definition) is 18. The maximum absolute atomic E-state index is 14.5. The van der Waals surface area contributed by atoms with Gasteiger partial charge in [-0.2, -0.15) is 0 Å². The zero-order valence-corrected chi connectivity index (χ0v) is 43.0. The number of hydrogen-bond donors (Lipinski definition) is 5. The molecule has 68 heavy (non-hydrogen) atoms. The lowest BCUT2D eigenvalue weighted by Gasteiger charge is -2.49. The molecule has 5 N–H and O–H groups in total. The minimum atomic E-state index is -1.83. The summed E-state index contributed by atoms with van der Waals surface area (Å²) in [5.74, 6) is -2.77. The molecule has 3 aliphatic rings. The first-order valence-electron chi connectivity index (χ1n) is 24.5. The molecule has 0 bridgehead atoms. The van der Waals surface area contributed by atoms with Gasteiger partial charge in [0.1, 0.15) is 30.0 Å². The molecule has 5 rings (SSSR count). The number of likely N-dealkylation sites (N-methyl/N-ethyl adjacent to an activating group) is 2. The highest BCUT2D eigenvalue weighted by Gasteiger charge is 2.53. The van der Waals surface area contributed by atoms with Crippen LogP contribution in [-0.2, 0) is 50.8 Å². The van der Waals surface area contributed by atoms with Gasteiger partial charge in [-0.3, -0.25) is 9.78 Å². The van der Waals surface area contributed by atoms with Gasteiger partial charge < -0.3 is 68.5 Å². The number of methoxy groups -OCH3 is 2. The number of esters is 1. The van der Waals surface area contributed by atoms with Gasteiger partial charge in [0, 0.05) is 77.0 Å². The SMILES string of the molecule is CC[C@H]1OC(=O)[C@H](C)[C@@H](O[C@H]2C[C@@](C)(OC)[C@@H](O)[C@H](C)O2)[C@H](C)[C@@H](O[C@@H]2O[C@H](C)C[C@H](N(C)CCc3cn([C@@H](Cc4ccncc4)OC)nn3)[C@H]2O)[C@](C)(O)C[C@@H](C)CN(C)[C@H](C)[C@@H](O)[C@]1(C)O. The van der Waals surface area contributed by atoms with Gasteiger partial charge in [0.15, 0.2) is 18.8 Å². The second-order valence-corrected chi connectivity index (χ2v) is 20.9. The maximum Gasteiger partial charge on any atom is 0.311 e. The zero-order chi connectivity index (χ0) is 50.5. The highest BCUT2D eigenvalue weighted by molar-refractivity contribution is 5.73. The molecule has 3 saturated heterocycles. The van der Waals surface area contributed by atoms with E-state index in [-0.39, 0.29) is 37.5 Å². The van der Waals surface area contributed by atoms with E-state index < -0.39 is 102 Å². The van der Waals surface area contributed by atoms with E-state index in [0.29, 0.717) is 32.4 Å². The van der Waals surface area contributed by atoms with E-state index in [4.69, 9.17) is 33.2 Å². The summed E-state index contributed by atoms with van der Waals surface area (Å²) in [4.78, 5) is 22.5. The fourth-order valence-corrected chi connectivity index (χ4v) is 10.7. The highest BCUT2D eigenvalue weighted by atomic mass is 16.7. The van der Waals surface area contributed by atoms with Crippen LogP contribution in [0, 0.1) is 17.8 Å². The van der Waals surface area contributed by atoms with Gasteiger partial charge in [-0.25, -0.2) is 4.68 Å². The monoisotopic (exact) mass is 965 g/mol. The standard InChI is InChI=1S/C49H84N6O13/c1-15-37-49(10,61)42(57)32(6)54(12)26-28(2)24-47(8,60)44(30(4)41(31(5)45(59)66-37)67-39-25-48(9,63-14)43(58)33(7)65-39)68-46-40(56)36(22-29(3)64-46)53(11)21-18-35-27-55(52-51-35)38(62-13)23-34-16-19-50-20-17-34/h16-17,19-20,27-33,36-44,46,56-58,60-61H,15,18,21-26H2,1-14H3/t28-,29-,30+,31-,32-,33+,36+,37-,38-,39+,40-,41+,42-,43+,44-,46+,47-,48-,49-/m1/s1. The molecule has 0 radical (unpaired) electrons. The third kappa shape index (κ3) is 13.2. The van der Waals surface area contributed by atoms with Gasteiger partial charge in [0.2, 0.25) is 0 Å². The molecule has 0 saturated carbocycles. The molecule has 19 nitrogen and oxygen atoms in total. The van der Waals surface area contributed by atoms with Gasteiger partial charge in [-0.15, -0.1) is 5.10 Å². The first kappa shape index (κ1) is 56.2. The van der Waals surface area contributed by atoms with Crippen LogP contribution in [0.2, 0.25) is 0 Å². The maximum atomic E-state index is 14.5. The Bertz CT molecular complexity index is 1860. The number of carbonyl (C=O) groups is 1. The third-order valence-corrected chi connectivity index (χ3v) is 15.1. The van der Waals surface area contributed by atoms with Gasteiger partial charge in [0.05, 0.1) is 53.4 Å². The van der Waals surface area contributed by atoms with E-state index in [1.54, 1.807) is 65.7 Å². The van der Waals surface area contributed by atoms with E-state index in [1.807, 2.05) is 58.1 Å². The van der Waals surface area contributed by atoms with Crippen molar-refractivity contribution in [3.8, 4) is 0 Å². The largest absolute Gasteiger partial charge is 0.459 e. The van der Waals surface area contributed by atoms with E-state index in [9.17, 15) is 30.3 Å². The Morgan fingerprint density at radius 1 is 0.971 bits per heavy atom. The Balaban J connectivity index is 1.45. The molecule has 5 heterocycles. The van der Waals surface area contributed by atoms with Crippen LogP contribution in [-0.4, -0.2) is 193 Å². The quantitative estimate of drug-likeness (QED) is 0.171. The smallest absolute Gasteiger partial charge is 0.311 e. The summed E-state index contributed by atoms with van der Waals surface area (Å²) in [6.45, 7) is 18.5. The van der Waals surface area contributed by atoms with Crippen molar-refractivity contribution in [2.75, 3.05) is 41.4 Å². The van der Waals surface area contributed by atoms with E-state index in [1.165, 1.54) is 14.0 Å². The predicted molar refractivity (Wildman–Crippen MR) is 251 cm³/mol. The summed E-state index contributed by atoms with van der Waals surface area (Å²) in [5, 5.41) is 68.4. The van der Waals surface area contributed by atoms with E-state index >= 15 is 0 Å². The first-order chi connectivity index (χ1) is 31.9. The molecule has 388 valence electrons. The number of aromatic nitrogens is 4. The van der Waals surface area contributed by atoms with Crippen molar-refractivity contribution in [3.05, 3.63) is 42.0 Å². The fourth-order valence-electron chi connectivity index (χ4n) is 10.7. The summed E-state index contributed by atoms with van der Waals surface area (Å²) in [7, 11) is 6.91. The van der Waals surface area contributed by atoms with Crippen molar-refractivity contribution >= 4 is 5.97 Å². The molecule has 19 heteroatoms. The minimum Gasteiger partial charge on any atom is -0.459 e. The molecule has 0 unspecified atom stereocenters. The van der Waals surface area contributed by atoms with Crippen molar-refractivity contribution in [1.82, 2.24) is 29.8 Å². The Kier molecular flexibility index (Phi) is 19.5. The second-order valence-electron chi connectivity index (χ2n) is 20.9. The number of ether oxygens (including phenoxy) is 7. The molecular formula is C49H84N6O13. The van der Waals surface area contributed by atoms with Crippen LogP contribution in [0.25, 0.3) is 0 Å². The number of cyclic esters (lactones) is 1. The summed E-state index contributed by atoms with van der Waals surface area (Å²) >= 11 is 0. The first-order valence-corrected chi connectivity index (χ1v) is 24.5. The topological polar surface area (TPSA) is 233 Å². The second kappa shape index (κ2) is 23.6. The molecule has 2 aromatic rings. The van der Waals surface area contributed by atoms with Crippen molar-refractivity contribution in [2.45, 2.75) is 204 Å². The normalized spacial score (nSPS) is 41.2. The molecule has 2 aromatic heterocycles. The Morgan fingerprint density at radius 2 is 1.65 bits per heavy atom. The lowest BCUT2D eigenvalue weighted by atomic mass is 9.77. The average Bonchev–Trinajstić information content (AvgIpc) is 3.77. The number of pyridine rings is 1. The molecule has 3 fully saturated rings.